The van der Waals surface area contributed by atoms with Gasteiger partial charge in [0.1, 0.15) is 23.7 Å². The van der Waals surface area contributed by atoms with Crippen molar-refractivity contribution in [3.05, 3.63) is 76.3 Å². The van der Waals surface area contributed by atoms with E-state index in [0.717, 1.165) is 0 Å². The zero-order valence-electron chi connectivity index (χ0n) is 21.4. The smallest absolute Gasteiger partial charge is 0.306 e. The number of rotatable bonds is 9. The highest BCUT2D eigenvalue weighted by atomic mass is 35.5. The van der Waals surface area contributed by atoms with Crippen LogP contribution in [0, 0.1) is 0 Å². The molecule has 3 aromatic rings. The molecule has 0 spiro atoms. The average Bonchev–Trinajstić information content (AvgIpc) is 3.03. The first-order valence-electron chi connectivity index (χ1n) is 11.7. The minimum atomic E-state index is -1.32. The number of methoxy groups -OCH3 is 4. The van der Waals surface area contributed by atoms with Gasteiger partial charge < -0.3 is 33.7 Å². The van der Waals surface area contributed by atoms with E-state index in [4.69, 9.17) is 35.3 Å². The Labute approximate surface area is 225 Å². The molecular formula is C28H28ClNO8. The molecule has 200 valence electrons. The standard InChI is InChI=1S/C28H28ClNO8/c1-34-17-12-11-16(22(13-17)36-3)15-30-25-18(7-5-9-20(25)29)26(38-23(28(30)33)14-24(31)32)19-8-6-10-21(35-2)27(19)37-4/h5-13,23,26H,14-15H2,1-4H3,(H,31,32)/t23-,26+/m0/s1. The highest BCUT2D eigenvalue weighted by Gasteiger charge is 2.40. The summed E-state index contributed by atoms with van der Waals surface area (Å²) in [5.74, 6) is 0.211. The van der Waals surface area contributed by atoms with Gasteiger partial charge in [0, 0.05) is 22.8 Å². The summed E-state index contributed by atoms with van der Waals surface area (Å²) in [4.78, 5) is 27.2. The van der Waals surface area contributed by atoms with Crippen molar-refractivity contribution in [2.24, 2.45) is 0 Å². The monoisotopic (exact) mass is 541 g/mol. The molecule has 0 fully saturated rings. The fourth-order valence-electron chi connectivity index (χ4n) is 4.57. The molecule has 0 unspecified atom stereocenters. The fourth-order valence-corrected chi connectivity index (χ4v) is 4.86. The summed E-state index contributed by atoms with van der Waals surface area (Å²) < 4.78 is 28.2. The fraction of sp³-hybridized carbons (Fsp3) is 0.286. The predicted molar refractivity (Wildman–Crippen MR) is 141 cm³/mol. The van der Waals surface area contributed by atoms with Gasteiger partial charge in [-0.1, -0.05) is 35.9 Å². The van der Waals surface area contributed by atoms with Crippen LogP contribution in [0.15, 0.2) is 54.6 Å². The van der Waals surface area contributed by atoms with Crippen LogP contribution >= 0.6 is 11.6 Å². The van der Waals surface area contributed by atoms with Crippen molar-refractivity contribution >= 4 is 29.2 Å². The van der Waals surface area contributed by atoms with Gasteiger partial charge in [0.25, 0.3) is 5.91 Å². The minimum absolute atomic E-state index is 0.0458. The predicted octanol–water partition coefficient (Wildman–Crippen LogP) is 4.87. The molecule has 10 heteroatoms. The van der Waals surface area contributed by atoms with E-state index in [-0.39, 0.29) is 6.54 Å². The highest BCUT2D eigenvalue weighted by molar-refractivity contribution is 6.34. The molecule has 0 saturated heterocycles. The zero-order valence-corrected chi connectivity index (χ0v) is 22.2. The number of anilines is 1. The van der Waals surface area contributed by atoms with Crippen molar-refractivity contribution in [2.75, 3.05) is 33.3 Å². The topological polar surface area (TPSA) is 104 Å². The van der Waals surface area contributed by atoms with Gasteiger partial charge in [0.15, 0.2) is 11.5 Å². The van der Waals surface area contributed by atoms with E-state index in [9.17, 15) is 14.7 Å². The van der Waals surface area contributed by atoms with Crippen molar-refractivity contribution in [1.29, 1.82) is 0 Å². The molecule has 0 radical (unpaired) electrons. The zero-order chi connectivity index (χ0) is 27.4. The Bertz CT molecular complexity index is 1340. The van der Waals surface area contributed by atoms with E-state index < -0.39 is 30.5 Å². The number of hydrogen-bond acceptors (Lipinski definition) is 7. The molecule has 1 amide bonds. The van der Waals surface area contributed by atoms with Crippen molar-refractivity contribution in [3.63, 3.8) is 0 Å². The van der Waals surface area contributed by atoms with Crippen LogP contribution in [0.2, 0.25) is 5.02 Å². The maximum absolute atomic E-state index is 13.9. The van der Waals surface area contributed by atoms with Crippen molar-refractivity contribution in [2.45, 2.75) is 25.2 Å². The Hall–Kier alpha value is -3.95. The van der Waals surface area contributed by atoms with Gasteiger partial charge in [-0.2, -0.15) is 0 Å². The summed E-state index contributed by atoms with van der Waals surface area (Å²) in [5, 5.41) is 9.95. The molecule has 9 nitrogen and oxygen atoms in total. The van der Waals surface area contributed by atoms with E-state index in [1.807, 2.05) is 0 Å². The number of amides is 1. The molecule has 1 aliphatic rings. The van der Waals surface area contributed by atoms with Crippen LogP contribution in [0.4, 0.5) is 5.69 Å². The first kappa shape index (κ1) is 27.1. The number of fused-ring (bicyclic) bond motifs is 1. The Morgan fingerprint density at radius 1 is 0.947 bits per heavy atom. The maximum Gasteiger partial charge on any atom is 0.306 e. The summed E-state index contributed by atoms with van der Waals surface area (Å²) in [5.41, 5.74) is 2.19. The average molecular weight is 542 g/mol. The summed E-state index contributed by atoms with van der Waals surface area (Å²) >= 11 is 6.73. The molecule has 0 aliphatic carbocycles. The van der Waals surface area contributed by atoms with Crippen LogP contribution in [-0.2, 0) is 20.9 Å². The van der Waals surface area contributed by atoms with Crippen LogP contribution in [0.5, 0.6) is 23.0 Å². The Kier molecular flexibility index (Phi) is 8.29. The molecule has 2 atom stereocenters. The van der Waals surface area contributed by atoms with Crippen molar-refractivity contribution in [1.82, 2.24) is 0 Å². The second-order valence-corrected chi connectivity index (χ2v) is 8.87. The van der Waals surface area contributed by atoms with Crippen LogP contribution in [0.3, 0.4) is 0 Å². The van der Waals surface area contributed by atoms with Crippen molar-refractivity contribution < 1.29 is 38.4 Å². The van der Waals surface area contributed by atoms with Crippen molar-refractivity contribution in [3.8, 4) is 23.0 Å². The number of hydrogen-bond donors (Lipinski definition) is 1. The van der Waals surface area contributed by atoms with Crippen LogP contribution in [0.25, 0.3) is 0 Å². The molecule has 1 heterocycles. The molecule has 0 saturated carbocycles. The lowest BCUT2D eigenvalue weighted by atomic mass is 9.97. The first-order chi connectivity index (χ1) is 18.3. The van der Waals surface area contributed by atoms with Gasteiger partial charge in [0.05, 0.1) is 52.1 Å². The molecule has 1 aliphatic heterocycles. The number of carboxylic acid groups (broad SMARTS) is 1. The van der Waals surface area contributed by atoms with Crippen LogP contribution in [-0.4, -0.2) is 51.5 Å². The second kappa shape index (κ2) is 11.6. The molecule has 0 aromatic heterocycles. The third-order valence-corrected chi connectivity index (χ3v) is 6.62. The molecule has 4 rings (SSSR count). The highest BCUT2D eigenvalue weighted by Crippen LogP contribution is 2.47. The summed E-state index contributed by atoms with van der Waals surface area (Å²) in [6.45, 7) is 0.0458. The number of carboxylic acids is 1. The first-order valence-corrected chi connectivity index (χ1v) is 12.1. The third kappa shape index (κ3) is 5.20. The maximum atomic E-state index is 13.9. The van der Waals surface area contributed by atoms with E-state index in [1.165, 1.54) is 26.2 Å². The summed E-state index contributed by atoms with van der Waals surface area (Å²) in [6.07, 6.45) is -2.75. The van der Waals surface area contributed by atoms with Gasteiger partial charge in [-0.15, -0.1) is 0 Å². The number of aliphatic carboxylic acids is 1. The molecule has 38 heavy (non-hydrogen) atoms. The number of carbonyl (C=O) groups excluding carboxylic acids is 1. The van der Waals surface area contributed by atoms with Gasteiger partial charge >= 0.3 is 5.97 Å². The minimum Gasteiger partial charge on any atom is -0.497 e. The van der Waals surface area contributed by atoms with E-state index in [1.54, 1.807) is 61.7 Å². The largest absolute Gasteiger partial charge is 0.497 e. The Morgan fingerprint density at radius 3 is 2.32 bits per heavy atom. The number of halogens is 1. The number of carbonyl (C=O) groups is 2. The number of benzene rings is 3. The lowest BCUT2D eigenvalue weighted by Gasteiger charge is -2.26. The normalized spacial score (nSPS) is 16.9. The Morgan fingerprint density at radius 2 is 1.66 bits per heavy atom. The van der Waals surface area contributed by atoms with Crippen LogP contribution in [0.1, 0.15) is 29.2 Å². The number of para-hydroxylation sites is 2. The number of nitrogens with zero attached hydrogens (tertiary/aromatic N) is 1. The number of ether oxygens (including phenoxy) is 5. The van der Waals surface area contributed by atoms with Crippen LogP contribution < -0.4 is 23.8 Å². The lowest BCUT2D eigenvalue weighted by Crippen LogP contribution is -2.40. The molecule has 0 bridgehead atoms. The molecular weight excluding hydrogens is 514 g/mol. The Balaban J connectivity index is 1.92. The van der Waals surface area contributed by atoms with Gasteiger partial charge in [0.2, 0.25) is 0 Å². The molecule has 1 N–H and O–H groups in total. The SMILES string of the molecule is COc1ccc(CN2C(=O)[C@H](CC(=O)O)O[C@@H](c3cccc(OC)c3OC)c3cccc(Cl)c32)c(OC)c1. The third-order valence-electron chi connectivity index (χ3n) is 6.31. The molecule has 3 aromatic carbocycles. The van der Waals surface area contributed by atoms with E-state index >= 15 is 0 Å². The lowest BCUT2D eigenvalue weighted by molar-refractivity contribution is -0.147. The van der Waals surface area contributed by atoms with E-state index in [2.05, 4.69) is 0 Å². The van der Waals surface area contributed by atoms with Gasteiger partial charge in [-0.25, -0.2) is 0 Å². The van der Waals surface area contributed by atoms with Gasteiger partial charge in [-0.05, 0) is 24.3 Å². The second-order valence-electron chi connectivity index (χ2n) is 8.47. The summed E-state index contributed by atoms with van der Waals surface area (Å²) in [6, 6.07) is 15.7. The quantitative estimate of drug-likeness (QED) is 0.409. The summed E-state index contributed by atoms with van der Waals surface area (Å²) in [7, 11) is 6.08. The van der Waals surface area contributed by atoms with Gasteiger partial charge in [-0.3, -0.25) is 9.59 Å². The van der Waals surface area contributed by atoms with E-state index in [0.29, 0.717) is 50.4 Å².